The predicted octanol–water partition coefficient (Wildman–Crippen LogP) is 2.12. The molecule has 0 spiro atoms. The first kappa shape index (κ1) is 20.2. The smallest absolute Gasteiger partial charge is 0.338 e. The fraction of sp³-hybridized carbons (Fsp3) is 0.222. The van der Waals surface area contributed by atoms with E-state index in [9.17, 15) is 18.0 Å². The molecule has 2 aromatic rings. The summed E-state index contributed by atoms with van der Waals surface area (Å²) in [4.78, 5) is 24.4. The Morgan fingerprint density at radius 1 is 1.00 bits per heavy atom. The van der Waals surface area contributed by atoms with Gasteiger partial charge in [0.05, 0.1) is 31.6 Å². The maximum absolute atomic E-state index is 12.3. The highest BCUT2D eigenvalue weighted by Crippen LogP contribution is 2.24. The van der Waals surface area contributed by atoms with Crippen LogP contribution in [0.25, 0.3) is 0 Å². The summed E-state index contributed by atoms with van der Waals surface area (Å²) in [5.41, 5.74) is 0.725. The topological polar surface area (TPSA) is 108 Å². The highest BCUT2D eigenvalue weighted by molar-refractivity contribution is 7.92. The number of ketones is 1. The van der Waals surface area contributed by atoms with Gasteiger partial charge in [-0.3, -0.25) is 9.52 Å². The molecule has 144 valence electrons. The fourth-order valence-electron chi connectivity index (χ4n) is 2.21. The maximum atomic E-state index is 12.3. The highest BCUT2D eigenvalue weighted by atomic mass is 32.2. The van der Waals surface area contributed by atoms with Crippen LogP contribution in [-0.4, -0.2) is 47.3 Å². The molecule has 0 fully saturated rings. The first-order valence-electron chi connectivity index (χ1n) is 7.73. The van der Waals surface area contributed by atoms with Gasteiger partial charge in [0.15, 0.2) is 6.61 Å². The fourth-order valence-corrected chi connectivity index (χ4v) is 2.78. The van der Waals surface area contributed by atoms with Crippen LogP contribution in [0.2, 0.25) is 0 Å². The van der Waals surface area contributed by atoms with E-state index in [1.165, 1.54) is 44.6 Å². The summed E-state index contributed by atoms with van der Waals surface area (Å²) in [6.45, 7) is -0.480. The number of rotatable bonds is 8. The lowest BCUT2D eigenvalue weighted by Crippen LogP contribution is -2.15. The molecule has 0 aliphatic rings. The van der Waals surface area contributed by atoms with Gasteiger partial charge in [-0.1, -0.05) is 0 Å². The van der Waals surface area contributed by atoms with Gasteiger partial charge in [0.2, 0.25) is 15.8 Å². The molecule has 0 aliphatic carbocycles. The lowest BCUT2D eigenvalue weighted by Gasteiger charge is -2.10. The Kier molecular flexibility index (Phi) is 6.40. The van der Waals surface area contributed by atoms with Crippen LogP contribution >= 0.6 is 0 Å². The zero-order valence-electron chi connectivity index (χ0n) is 15.0. The van der Waals surface area contributed by atoms with Crippen molar-refractivity contribution in [3.63, 3.8) is 0 Å². The number of sulfonamides is 1. The molecule has 27 heavy (non-hydrogen) atoms. The molecule has 2 rings (SSSR count). The Morgan fingerprint density at radius 3 is 2.22 bits per heavy atom. The van der Waals surface area contributed by atoms with E-state index in [2.05, 4.69) is 4.72 Å². The highest BCUT2D eigenvalue weighted by Gasteiger charge is 2.17. The van der Waals surface area contributed by atoms with E-state index < -0.39 is 28.4 Å². The van der Waals surface area contributed by atoms with Gasteiger partial charge in [0.1, 0.15) is 11.5 Å². The normalized spacial score (nSPS) is 10.8. The van der Waals surface area contributed by atoms with E-state index in [0.29, 0.717) is 17.2 Å². The minimum Gasteiger partial charge on any atom is -0.497 e. The zero-order valence-corrected chi connectivity index (χ0v) is 15.8. The maximum Gasteiger partial charge on any atom is 0.338 e. The van der Waals surface area contributed by atoms with Gasteiger partial charge in [0, 0.05) is 5.69 Å². The van der Waals surface area contributed by atoms with Gasteiger partial charge >= 0.3 is 5.97 Å². The Balaban J connectivity index is 2.04. The average molecular weight is 393 g/mol. The Labute approximate surface area is 157 Å². The molecule has 0 aromatic heterocycles. The van der Waals surface area contributed by atoms with Crippen molar-refractivity contribution in [2.75, 3.05) is 31.8 Å². The van der Waals surface area contributed by atoms with Crippen LogP contribution in [0.4, 0.5) is 5.69 Å². The van der Waals surface area contributed by atoms with E-state index in [-0.39, 0.29) is 11.1 Å². The van der Waals surface area contributed by atoms with Crippen LogP contribution in [-0.2, 0) is 14.8 Å². The molecule has 0 bridgehead atoms. The molecule has 2 aromatic carbocycles. The number of benzene rings is 2. The van der Waals surface area contributed by atoms with Gasteiger partial charge in [-0.05, 0) is 42.5 Å². The molecular formula is C18H19NO7S. The van der Waals surface area contributed by atoms with Crippen molar-refractivity contribution in [2.24, 2.45) is 0 Å². The summed E-state index contributed by atoms with van der Waals surface area (Å²) >= 11 is 0. The van der Waals surface area contributed by atoms with Crippen molar-refractivity contribution < 1.29 is 32.2 Å². The Bertz CT molecular complexity index is 937. The molecule has 0 saturated heterocycles. The summed E-state index contributed by atoms with van der Waals surface area (Å²) in [5, 5.41) is 0. The third-order valence-corrected chi connectivity index (χ3v) is 4.07. The first-order valence-corrected chi connectivity index (χ1v) is 9.63. The molecule has 0 unspecified atom stereocenters. The number of nitrogens with one attached hydrogen (secondary N) is 1. The summed E-state index contributed by atoms with van der Waals surface area (Å²) in [6.07, 6.45) is 1.02. The third kappa shape index (κ3) is 5.71. The van der Waals surface area contributed by atoms with E-state index >= 15 is 0 Å². The molecule has 9 heteroatoms. The zero-order chi connectivity index (χ0) is 20.0. The van der Waals surface area contributed by atoms with E-state index in [1.807, 2.05) is 0 Å². The van der Waals surface area contributed by atoms with Gasteiger partial charge in [0.25, 0.3) is 0 Å². The average Bonchev–Trinajstić information content (AvgIpc) is 2.64. The summed E-state index contributed by atoms with van der Waals surface area (Å²) in [5.74, 6) is -0.349. The molecule has 0 amide bonds. The lowest BCUT2D eigenvalue weighted by atomic mass is 10.1. The van der Waals surface area contributed by atoms with Crippen LogP contribution in [0.5, 0.6) is 11.5 Å². The van der Waals surface area contributed by atoms with Crippen molar-refractivity contribution in [1.82, 2.24) is 0 Å². The number of esters is 1. The van der Waals surface area contributed by atoms with Crippen molar-refractivity contribution in [2.45, 2.75) is 0 Å². The van der Waals surface area contributed by atoms with Gasteiger partial charge < -0.3 is 14.2 Å². The van der Waals surface area contributed by atoms with Crippen LogP contribution < -0.4 is 14.2 Å². The quantitative estimate of drug-likeness (QED) is 0.540. The summed E-state index contributed by atoms with van der Waals surface area (Å²) in [6, 6.07) is 10.4. The van der Waals surface area contributed by atoms with Gasteiger partial charge in [-0.25, -0.2) is 13.2 Å². The molecule has 1 N–H and O–H groups in total. The minimum atomic E-state index is -3.41. The number of carbonyl (C=O) groups is 2. The van der Waals surface area contributed by atoms with Crippen molar-refractivity contribution in [3.05, 3.63) is 53.6 Å². The minimum absolute atomic E-state index is 0.180. The number of anilines is 1. The number of carbonyl (C=O) groups excluding carboxylic acids is 2. The molecule has 0 atom stereocenters. The number of hydrogen-bond acceptors (Lipinski definition) is 7. The molecule has 0 saturated carbocycles. The van der Waals surface area contributed by atoms with Crippen LogP contribution in [0, 0.1) is 0 Å². The second-order valence-corrected chi connectivity index (χ2v) is 7.27. The number of methoxy groups -OCH3 is 2. The monoisotopic (exact) mass is 393 g/mol. The van der Waals surface area contributed by atoms with E-state index in [1.54, 1.807) is 12.1 Å². The molecular weight excluding hydrogens is 374 g/mol. The van der Waals surface area contributed by atoms with E-state index in [4.69, 9.17) is 14.2 Å². The molecule has 0 aliphatic heterocycles. The Morgan fingerprint density at radius 2 is 1.67 bits per heavy atom. The van der Waals surface area contributed by atoms with Crippen molar-refractivity contribution >= 4 is 27.5 Å². The van der Waals surface area contributed by atoms with Crippen molar-refractivity contribution in [3.8, 4) is 11.5 Å². The SMILES string of the molecule is COc1ccc(OC)c(C(=O)COC(=O)c2ccc(NS(C)(=O)=O)cc2)c1. The van der Waals surface area contributed by atoms with Crippen LogP contribution in [0.1, 0.15) is 20.7 Å². The predicted molar refractivity (Wildman–Crippen MR) is 99.1 cm³/mol. The van der Waals surface area contributed by atoms with Crippen LogP contribution in [0.3, 0.4) is 0 Å². The van der Waals surface area contributed by atoms with Gasteiger partial charge in [-0.2, -0.15) is 0 Å². The summed E-state index contributed by atoms with van der Waals surface area (Å²) < 4.78 is 39.9. The Hall–Kier alpha value is -3.07. The number of Topliss-reactive ketones (excluding diaryl/α,β-unsaturated/α-hetero) is 1. The molecule has 8 nitrogen and oxygen atoms in total. The summed E-state index contributed by atoms with van der Waals surface area (Å²) in [7, 11) is -0.510. The van der Waals surface area contributed by atoms with Gasteiger partial charge in [-0.15, -0.1) is 0 Å². The largest absolute Gasteiger partial charge is 0.497 e. The second kappa shape index (κ2) is 8.54. The molecule has 0 radical (unpaired) electrons. The second-order valence-electron chi connectivity index (χ2n) is 5.52. The van der Waals surface area contributed by atoms with Crippen molar-refractivity contribution in [1.29, 1.82) is 0 Å². The lowest BCUT2D eigenvalue weighted by molar-refractivity contribution is 0.0474. The number of hydrogen-bond donors (Lipinski definition) is 1. The molecule has 0 heterocycles. The van der Waals surface area contributed by atoms with E-state index in [0.717, 1.165) is 6.26 Å². The first-order chi connectivity index (χ1) is 12.7. The third-order valence-electron chi connectivity index (χ3n) is 3.47. The standard InChI is InChI=1S/C18H19NO7S/c1-24-14-8-9-17(25-2)15(10-14)16(20)11-26-18(21)12-4-6-13(7-5-12)19-27(3,22)23/h4-10,19H,11H2,1-3H3. The van der Waals surface area contributed by atoms with Crippen LogP contribution in [0.15, 0.2) is 42.5 Å². The number of ether oxygens (including phenoxy) is 3.